The monoisotopic (exact) mass is 1920 g/mol. The zero-order chi connectivity index (χ0) is 101. The van der Waals surface area contributed by atoms with Crippen LogP contribution in [0.25, 0.3) is 139 Å². The molecule has 0 bridgehead atoms. The Balaban J connectivity index is 0.560. The summed E-state index contributed by atoms with van der Waals surface area (Å²) in [6.07, 6.45) is 1.25. The first-order chi connectivity index (χ1) is 73.0. The largest absolute Gasteiger partial charge is 0.310 e. The van der Waals surface area contributed by atoms with Gasteiger partial charge in [-0.05, 0) is 340 Å². The highest BCUT2D eigenvalue weighted by Gasteiger charge is 2.52. The molecular formula is C144H118N4O. The van der Waals surface area contributed by atoms with Crippen molar-refractivity contribution in [2.75, 3.05) is 9.80 Å². The Kier molecular flexibility index (Phi) is 24.2. The van der Waals surface area contributed by atoms with Gasteiger partial charge < -0.3 is 14.4 Å². The average molecular weight is 1920 g/mol. The van der Waals surface area contributed by atoms with Crippen molar-refractivity contribution in [3.05, 3.63) is 571 Å². The first-order valence-electron chi connectivity index (χ1n) is 52.9. The third-order valence-electron chi connectivity index (χ3n) is 32.1. The van der Waals surface area contributed by atoms with Gasteiger partial charge >= 0.3 is 0 Å². The minimum absolute atomic E-state index is 0.0529. The van der Waals surface area contributed by atoms with Gasteiger partial charge in [0.25, 0.3) is 0 Å². The Morgan fingerprint density at radius 3 is 1.03 bits per heavy atom. The third-order valence-corrected chi connectivity index (χ3v) is 32.1. The molecule has 25 rings (SSSR count). The number of para-hydroxylation sites is 1. The summed E-state index contributed by atoms with van der Waals surface area (Å²) in [4.78, 5) is 12.9. The fourth-order valence-corrected chi connectivity index (χ4v) is 24.7. The van der Waals surface area contributed by atoms with Gasteiger partial charge in [-0.15, -0.1) is 0 Å². The molecule has 1 heterocycles. The Hall–Kier alpha value is -17.1. The van der Waals surface area contributed by atoms with Gasteiger partial charge in [0, 0.05) is 61.5 Å². The van der Waals surface area contributed by atoms with Crippen molar-refractivity contribution in [1.29, 1.82) is 0 Å². The van der Waals surface area contributed by atoms with Gasteiger partial charge in [-0.2, -0.15) is 5.06 Å². The molecule has 720 valence electrons. The molecule has 0 saturated heterocycles. The van der Waals surface area contributed by atoms with Crippen LogP contribution in [0.3, 0.4) is 0 Å². The number of fused-ring (bicyclic) bond motifs is 16. The molecule has 5 heteroatoms. The van der Waals surface area contributed by atoms with Crippen LogP contribution in [0, 0.1) is 5.92 Å². The van der Waals surface area contributed by atoms with Crippen LogP contribution in [-0.4, -0.2) is 15.2 Å². The van der Waals surface area contributed by atoms with Crippen LogP contribution in [0.15, 0.2) is 516 Å². The van der Waals surface area contributed by atoms with E-state index in [-0.39, 0.29) is 35.3 Å². The van der Waals surface area contributed by atoms with Gasteiger partial charge in [0.15, 0.2) is 0 Å². The van der Waals surface area contributed by atoms with E-state index in [0.717, 1.165) is 97.1 Å². The summed E-state index contributed by atoms with van der Waals surface area (Å²) in [5, 5.41) is 4.72. The molecular weight excluding hydrogens is 1800 g/mol. The van der Waals surface area contributed by atoms with Crippen LogP contribution < -0.4 is 9.80 Å². The SMILES string of the molecule is CC(CC(CC(ON(C(c1ccccc1)C(C)C)C(C)(C)C)c1ccc(-c2ccc3c(c2)c2cc(-c4cccc(N(c5ccc(-c6ccccc6)cc5)c5ccc(-c6ccccc6)cc5)c4)ccc2n3-c2ccccc2)cc1)c1ccc(-c2ccc3c(c2)C2(c4ccccc4-3)c3ccccc3-c3ccc(-c4ccc(N(c5ccc(-c6ccccc6)cc5)c5ccc6c(c5)C(C)(C)c5ccccc5-6)cc4)cc32)cc1)c1ccccc1. The molecule has 0 radical (unpaired) electrons. The lowest BCUT2D eigenvalue weighted by molar-refractivity contribution is -0.278. The molecule has 5 atom stereocenters. The van der Waals surface area contributed by atoms with Crippen molar-refractivity contribution < 1.29 is 4.84 Å². The zero-order valence-electron chi connectivity index (χ0n) is 85.6. The molecule has 0 saturated carbocycles. The molecule has 1 spiro atoms. The molecule has 21 aromatic carbocycles. The third kappa shape index (κ3) is 17.1. The minimum atomic E-state index is -0.602. The Morgan fingerprint density at radius 2 is 0.570 bits per heavy atom. The number of rotatable bonds is 26. The van der Waals surface area contributed by atoms with E-state index in [1.54, 1.807) is 0 Å². The van der Waals surface area contributed by atoms with Gasteiger partial charge in [-0.25, -0.2) is 0 Å². The minimum Gasteiger partial charge on any atom is -0.310 e. The summed E-state index contributed by atoms with van der Waals surface area (Å²) < 4.78 is 2.43. The van der Waals surface area contributed by atoms with E-state index in [1.165, 1.54) is 144 Å². The highest BCUT2D eigenvalue weighted by molar-refractivity contribution is 6.12. The van der Waals surface area contributed by atoms with Crippen LogP contribution in [-0.2, 0) is 15.7 Å². The van der Waals surface area contributed by atoms with Gasteiger partial charge in [0.2, 0.25) is 0 Å². The molecule has 5 nitrogen and oxygen atoms in total. The molecule has 0 fully saturated rings. The number of aromatic nitrogens is 1. The topological polar surface area (TPSA) is 23.9 Å². The van der Waals surface area contributed by atoms with E-state index in [2.05, 4.69) is 590 Å². The fraction of sp³-hybridized carbons (Fsp3) is 0.125. The molecule has 0 amide bonds. The maximum Gasteiger partial charge on any atom is 0.105 e. The van der Waals surface area contributed by atoms with E-state index < -0.39 is 11.0 Å². The lowest BCUT2D eigenvalue weighted by atomic mass is 9.70. The normalized spacial score (nSPS) is 14.3. The van der Waals surface area contributed by atoms with E-state index >= 15 is 0 Å². The number of anilines is 6. The van der Waals surface area contributed by atoms with Crippen molar-refractivity contribution in [3.63, 3.8) is 0 Å². The predicted octanol–water partition coefficient (Wildman–Crippen LogP) is 38.9. The number of nitrogens with zero attached hydrogens (tertiary/aromatic N) is 4. The zero-order valence-corrected chi connectivity index (χ0v) is 85.6. The molecule has 3 aliphatic rings. The maximum atomic E-state index is 8.07. The molecule has 5 unspecified atom stereocenters. The maximum absolute atomic E-state index is 8.07. The quantitative estimate of drug-likeness (QED) is 0.0504. The van der Waals surface area contributed by atoms with Gasteiger partial charge in [-0.3, -0.25) is 4.84 Å². The molecule has 0 N–H and O–H groups in total. The second kappa shape index (κ2) is 38.7. The lowest BCUT2D eigenvalue weighted by Gasteiger charge is -2.45. The fourth-order valence-electron chi connectivity index (χ4n) is 24.7. The molecule has 1 aromatic heterocycles. The van der Waals surface area contributed by atoms with Crippen molar-refractivity contribution >= 4 is 55.9 Å². The second-order valence-corrected chi connectivity index (χ2v) is 42.8. The van der Waals surface area contributed by atoms with E-state index in [0.29, 0.717) is 0 Å². The van der Waals surface area contributed by atoms with Crippen LogP contribution in [0.1, 0.15) is 148 Å². The number of hydrogen-bond donors (Lipinski definition) is 0. The smallest absolute Gasteiger partial charge is 0.105 e. The summed E-state index contributed by atoms with van der Waals surface area (Å²) in [6, 6.07) is 193. The summed E-state index contributed by atoms with van der Waals surface area (Å²) in [6.45, 7) is 18.8. The summed E-state index contributed by atoms with van der Waals surface area (Å²) in [5.41, 5.74) is 45.8. The summed E-state index contributed by atoms with van der Waals surface area (Å²) in [5.74, 6) is 0.506. The number of benzene rings is 21. The molecule has 3 aliphatic carbocycles. The van der Waals surface area contributed by atoms with E-state index in [1.807, 2.05) is 0 Å². The molecule has 22 aromatic rings. The predicted molar refractivity (Wildman–Crippen MR) is 625 cm³/mol. The van der Waals surface area contributed by atoms with Crippen molar-refractivity contribution in [2.45, 2.75) is 109 Å². The Labute approximate surface area is 876 Å². The van der Waals surface area contributed by atoms with Crippen LogP contribution in [0.2, 0.25) is 0 Å². The number of hydroxylamine groups is 2. The summed E-state index contributed by atoms with van der Waals surface area (Å²) >= 11 is 0. The van der Waals surface area contributed by atoms with Crippen LogP contribution >= 0.6 is 0 Å². The summed E-state index contributed by atoms with van der Waals surface area (Å²) in [7, 11) is 0. The van der Waals surface area contributed by atoms with E-state index in [4.69, 9.17) is 4.84 Å². The highest BCUT2D eigenvalue weighted by atomic mass is 16.7. The standard InChI is InChI=1S/C144H118N4O/c1-96(2)141(110-42-23-13-24-43-110)148(142(4,5)6)149-140(109-60-58-105(59-61-109)112-72-86-138-130(90-112)131-91-113(73-87-139(131)147(138)117-45-25-14-26-46-117)111-44-33-47-122(89-111)145(118-74-62-102(63-75-118)99-36-17-10-18-37-99)119-76-64-103(65-77-119)100-38-19-11-20-39-100)94-116(88-97(3)98-34-15-9-16-35-98)108-56-54-106(55-57-108)114-70-83-128-125-49-28-31-52-133(125)144(136(128)92-114)134-53-32-29-50-126(134)129-84-71-115(93-137(129)144)107-68-80-121(81-69-107)146(120-78-66-104(67-79-120)101-40-21-12-22-41-101)123-82-85-127-124-48-27-30-51-132(124)143(7,8)135(127)95-123/h9-87,89-93,95-97,116,140-141H,88,94H2,1-8H3. The molecule has 149 heavy (non-hydrogen) atoms. The molecule has 0 aliphatic heterocycles. The Bertz CT molecular complexity index is 8580. The lowest BCUT2D eigenvalue weighted by Crippen LogP contribution is -2.46. The van der Waals surface area contributed by atoms with Crippen molar-refractivity contribution in [3.8, 4) is 117 Å². The van der Waals surface area contributed by atoms with Crippen LogP contribution in [0.4, 0.5) is 34.1 Å². The second-order valence-electron chi connectivity index (χ2n) is 42.8. The Morgan fingerprint density at radius 1 is 0.248 bits per heavy atom. The van der Waals surface area contributed by atoms with Crippen LogP contribution in [0.5, 0.6) is 0 Å². The first-order valence-corrected chi connectivity index (χ1v) is 52.9. The van der Waals surface area contributed by atoms with Gasteiger partial charge in [-0.1, -0.05) is 429 Å². The van der Waals surface area contributed by atoms with Gasteiger partial charge in [0.1, 0.15) is 6.10 Å². The number of hydrogen-bond acceptors (Lipinski definition) is 4. The first kappa shape index (κ1) is 93.0. The van der Waals surface area contributed by atoms with Gasteiger partial charge in [0.05, 0.1) is 22.5 Å². The van der Waals surface area contributed by atoms with E-state index in [9.17, 15) is 0 Å². The average Bonchev–Trinajstić information content (AvgIpc) is 1.50. The van der Waals surface area contributed by atoms with Crippen molar-refractivity contribution in [1.82, 2.24) is 9.63 Å². The van der Waals surface area contributed by atoms with Crippen molar-refractivity contribution in [2.24, 2.45) is 5.92 Å². The highest BCUT2D eigenvalue weighted by Crippen LogP contribution is 2.64.